The number of fused-ring (bicyclic) bond motifs is 1. The van der Waals surface area contributed by atoms with E-state index in [1.807, 2.05) is 6.08 Å². The molecule has 0 saturated carbocycles. The Balaban J connectivity index is 1.76. The molecule has 0 amide bonds. The van der Waals surface area contributed by atoms with E-state index in [4.69, 9.17) is 0 Å². The summed E-state index contributed by atoms with van der Waals surface area (Å²) in [6, 6.07) is 11.9. The largest absolute Gasteiger partial charge is 0.323 e. The number of aromatic nitrogens is 4. The molecule has 1 aromatic heterocycles. The summed E-state index contributed by atoms with van der Waals surface area (Å²) in [4.78, 5) is 10.4. The van der Waals surface area contributed by atoms with Gasteiger partial charge in [-0.15, -0.1) is 0 Å². The van der Waals surface area contributed by atoms with Crippen molar-refractivity contribution < 1.29 is 9.31 Å². The molecule has 2 heterocycles. The molecule has 1 aliphatic heterocycles. The first-order valence-electron chi connectivity index (χ1n) is 7.39. The number of benzene rings is 2. The summed E-state index contributed by atoms with van der Waals surface area (Å²) in [6.07, 6.45) is 1.89. The molecule has 4 rings (SSSR count). The van der Waals surface area contributed by atoms with Gasteiger partial charge in [0.25, 0.3) is 5.69 Å². The van der Waals surface area contributed by atoms with Crippen LogP contribution in [0.4, 0.5) is 16.0 Å². The van der Waals surface area contributed by atoms with E-state index in [0.717, 1.165) is 16.8 Å². The summed E-state index contributed by atoms with van der Waals surface area (Å²) in [5.41, 5.74) is 2.31. The second-order valence-corrected chi connectivity index (χ2v) is 5.45. The number of halogens is 1. The summed E-state index contributed by atoms with van der Waals surface area (Å²) < 4.78 is 14.7. The molecule has 0 spiro atoms. The number of nitro groups is 1. The van der Waals surface area contributed by atoms with Crippen molar-refractivity contribution in [1.82, 2.24) is 20.2 Å². The van der Waals surface area contributed by atoms with Crippen LogP contribution in [0.2, 0.25) is 0 Å². The van der Waals surface area contributed by atoms with Gasteiger partial charge in [-0.25, -0.2) is 4.39 Å². The van der Waals surface area contributed by atoms with E-state index in [2.05, 4.69) is 20.8 Å². The van der Waals surface area contributed by atoms with Crippen LogP contribution in [-0.2, 0) is 0 Å². The lowest BCUT2D eigenvalue weighted by Crippen LogP contribution is -2.20. The smallest absolute Gasteiger partial charge is 0.269 e. The molecule has 1 unspecified atom stereocenters. The average Bonchev–Trinajstić information content (AvgIpc) is 3.10. The van der Waals surface area contributed by atoms with E-state index in [1.165, 1.54) is 24.3 Å². The summed E-state index contributed by atoms with van der Waals surface area (Å²) >= 11 is 0. The van der Waals surface area contributed by atoms with Crippen LogP contribution in [0.25, 0.3) is 5.70 Å². The number of rotatable bonds is 3. The number of anilines is 1. The standard InChI is InChI=1S/C16H11FN6O2/c17-12-5-1-10(2-6-12)14-9-15(22-16(18-14)19-20-21-22)11-3-7-13(8-4-11)23(24)25/h1-9,15H,(H,18,19,21). The maximum absolute atomic E-state index is 13.2. The molecule has 1 N–H and O–H groups in total. The van der Waals surface area contributed by atoms with Crippen LogP contribution >= 0.6 is 0 Å². The fourth-order valence-corrected chi connectivity index (χ4v) is 2.68. The molecular formula is C16H11FN6O2. The van der Waals surface area contributed by atoms with Gasteiger partial charge in [0, 0.05) is 17.8 Å². The number of tetrazole rings is 1. The van der Waals surface area contributed by atoms with E-state index in [-0.39, 0.29) is 17.5 Å². The van der Waals surface area contributed by atoms with Crippen molar-refractivity contribution >= 4 is 17.3 Å². The number of nitro benzene ring substituents is 1. The minimum atomic E-state index is -0.450. The van der Waals surface area contributed by atoms with Gasteiger partial charge in [0.2, 0.25) is 5.95 Å². The maximum atomic E-state index is 13.2. The predicted molar refractivity (Wildman–Crippen MR) is 87.1 cm³/mol. The molecule has 0 bridgehead atoms. The first kappa shape index (κ1) is 14.9. The zero-order valence-corrected chi connectivity index (χ0v) is 12.7. The summed E-state index contributed by atoms with van der Waals surface area (Å²) in [6.45, 7) is 0. The molecule has 8 nitrogen and oxygen atoms in total. The molecule has 1 atom stereocenters. The van der Waals surface area contributed by atoms with Crippen LogP contribution in [0.3, 0.4) is 0 Å². The Hall–Kier alpha value is -3.62. The highest BCUT2D eigenvalue weighted by Gasteiger charge is 2.24. The van der Waals surface area contributed by atoms with Crippen LogP contribution in [-0.4, -0.2) is 25.1 Å². The number of non-ortho nitro benzene ring substituents is 1. The number of hydrogen-bond donors (Lipinski definition) is 1. The minimum absolute atomic E-state index is 0.0114. The Labute approximate surface area is 140 Å². The number of nitrogens with zero attached hydrogens (tertiary/aromatic N) is 5. The van der Waals surface area contributed by atoms with Gasteiger partial charge in [0.1, 0.15) is 11.9 Å². The number of allylic oxidation sites excluding steroid dienone is 1. The zero-order chi connectivity index (χ0) is 17.4. The quantitative estimate of drug-likeness (QED) is 0.582. The van der Waals surface area contributed by atoms with E-state index < -0.39 is 4.92 Å². The Bertz CT molecular complexity index is 965. The van der Waals surface area contributed by atoms with E-state index in [1.54, 1.807) is 28.9 Å². The minimum Gasteiger partial charge on any atom is -0.323 e. The fourth-order valence-electron chi connectivity index (χ4n) is 2.68. The number of hydrogen-bond acceptors (Lipinski definition) is 6. The van der Waals surface area contributed by atoms with Crippen LogP contribution in [0.1, 0.15) is 17.2 Å². The zero-order valence-electron chi connectivity index (χ0n) is 12.7. The molecule has 0 radical (unpaired) electrons. The van der Waals surface area contributed by atoms with Crippen molar-refractivity contribution in [3.8, 4) is 0 Å². The van der Waals surface area contributed by atoms with Gasteiger partial charge >= 0.3 is 0 Å². The second-order valence-electron chi connectivity index (χ2n) is 5.45. The SMILES string of the molecule is O=[N+]([O-])c1ccc(C2C=C(c3ccc(F)cc3)Nc3nnnn32)cc1. The molecule has 0 aliphatic carbocycles. The topological polar surface area (TPSA) is 98.8 Å². The third kappa shape index (κ3) is 2.71. The molecule has 124 valence electrons. The molecular weight excluding hydrogens is 327 g/mol. The van der Waals surface area contributed by atoms with Crippen LogP contribution in [0.15, 0.2) is 54.6 Å². The van der Waals surface area contributed by atoms with Crippen molar-refractivity contribution in [3.63, 3.8) is 0 Å². The second kappa shape index (κ2) is 5.78. The van der Waals surface area contributed by atoms with Gasteiger partial charge in [0.15, 0.2) is 0 Å². The van der Waals surface area contributed by atoms with Gasteiger partial charge in [-0.2, -0.15) is 4.68 Å². The van der Waals surface area contributed by atoms with Crippen LogP contribution in [0, 0.1) is 15.9 Å². The molecule has 0 saturated heterocycles. The summed E-state index contributed by atoms with van der Waals surface area (Å²) in [7, 11) is 0. The Morgan fingerprint density at radius 2 is 1.84 bits per heavy atom. The van der Waals surface area contributed by atoms with E-state index >= 15 is 0 Å². The van der Waals surface area contributed by atoms with Gasteiger partial charge in [-0.05, 0) is 64.0 Å². The van der Waals surface area contributed by atoms with Gasteiger partial charge in [-0.3, -0.25) is 10.1 Å². The highest BCUT2D eigenvalue weighted by molar-refractivity contribution is 5.76. The maximum Gasteiger partial charge on any atom is 0.269 e. The lowest BCUT2D eigenvalue weighted by Gasteiger charge is -2.23. The fraction of sp³-hybridized carbons (Fsp3) is 0.0625. The molecule has 3 aromatic rings. The third-order valence-electron chi connectivity index (χ3n) is 3.93. The van der Waals surface area contributed by atoms with Gasteiger partial charge in [-0.1, -0.05) is 5.10 Å². The van der Waals surface area contributed by atoms with Gasteiger partial charge in [0.05, 0.1) is 4.92 Å². The monoisotopic (exact) mass is 338 g/mol. The summed E-state index contributed by atoms with van der Waals surface area (Å²) in [5, 5.41) is 25.5. The van der Waals surface area contributed by atoms with Crippen molar-refractivity contribution in [3.05, 3.63) is 81.7 Å². The third-order valence-corrected chi connectivity index (χ3v) is 3.93. The Kier molecular flexibility index (Phi) is 3.46. The van der Waals surface area contributed by atoms with Crippen molar-refractivity contribution in [1.29, 1.82) is 0 Å². The van der Waals surface area contributed by atoms with E-state index in [9.17, 15) is 14.5 Å². The molecule has 25 heavy (non-hydrogen) atoms. The first-order valence-corrected chi connectivity index (χ1v) is 7.39. The normalized spacial score (nSPS) is 15.9. The Morgan fingerprint density at radius 1 is 1.12 bits per heavy atom. The highest BCUT2D eigenvalue weighted by atomic mass is 19.1. The number of nitrogens with one attached hydrogen (secondary N) is 1. The summed E-state index contributed by atoms with van der Waals surface area (Å²) in [5.74, 6) is 0.113. The average molecular weight is 338 g/mol. The lowest BCUT2D eigenvalue weighted by atomic mass is 10.0. The first-order chi connectivity index (χ1) is 12.1. The predicted octanol–water partition coefficient (Wildman–Crippen LogP) is 2.78. The molecule has 9 heteroatoms. The lowest BCUT2D eigenvalue weighted by molar-refractivity contribution is -0.384. The molecule has 1 aliphatic rings. The van der Waals surface area contributed by atoms with Crippen LogP contribution in [0.5, 0.6) is 0 Å². The Morgan fingerprint density at radius 3 is 2.52 bits per heavy atom. The highest BCUT2D eigenvalue weighted by Crippen LogP contribution is 2.32. The van der Waals surface area contributed by atoms with Crippen molar-refractivity contribution in [2.45, 2.75) is 6.04 Å². The van der Waals surface area contributed by atoms with Crippen LogP contribution < -0.4 is 5.32 Å². The molecule has 0 fully saturated rings. The molecule has 2 aromatic carbocycles. The van der Waals surface area contributed by atoms with Crippen molar-refractivity contribution in [2.24, 2.45) is 0 Å². The van der Waals surface area contributed by atoms with E-state index in [0.29, 0.717) is 5.95 Å². The van der Waals surface area contributed by atoms with Gasteiger partial charge < -0.3 is 5.32 Å². The van der Waals surface area contributed by atoms with Crippen molar-refractivity contribution in [2.75, 3.05) is 5.32 Å².